The van der Waals surface area contributed by atoms with Gasteiger partial charge in [-0.05, 0) is 30.5 Å². The molecule has 1 fully saturated rings. The number of hydrogen-bond acceptors (Lipinski definition) is 3. The smallest absolute Gasteiger partial charge is 0.321 e. The number of methoxy groups -OCH3 is 1. The van der Waals surface area contributed by atoms with Gasteiger partial charge >= 0.3 is 5.97 Å². The normalized spacial score (nSPS) is 18.8. The van der Waals surface area contributed by atoms with Crippen LogP contribution in [0.25, 0.3) is 0 Å². The van der Waals surface area contributed by atoms with Crippen LogP contribution < -0.4 is 4.74 Å². The Balaban J connectivity index is 2.45. The Morgan fingerprint density at radius 2 is 1.90 bits per heavy atom. The first kappa shape index (κ1) is 14.4. The number of ether oxygens (including phenoxy) is 1. The molecule has 0 spiro atoms. The molecule has 20 heavy (non-hydrogen) atoms. The third kappa shape index (κ3) is 2.49. The second-order valence-electron chi connectivity index (χ2n) is 5.35. The van der Waals surface area contributed by atoms with E-state index < -0.39 is 17.3 Å². The molecule has 4 heteroatoms. The summed E-state index contributed by atoms with van der Waals surface area (Å²) in [5, 5.41) is 18.7. The predicted molar refractivity (Wildman–Crippen MR) is 74.5 cm³/mol. The highest BCUT2D eigenvalue weighted by molar-refractivity contribution is 5.75. The Bertz CT molecular complexity index is 510. The number of rotatable bonds is 4. The Labute approximate surface area is 119 Å². The molecule has 0 aliphatic heterocycles. The first-order valence-corrected chi connectivity index (χ1v) is 6.91. The second-order valence-corrected chi connectivity index (χ2v) is 5.35. The summed E-state index contributed by atoms with van der Waals surface area (Å²) >= 11 is 0. The molecule has 106 valence electrons. The van der Waals surface area contributed by atoms with E-state index in [1.165, 1.54) is 0 Å². The molecule has 4 nitrogen and oxygen atoms in total. The summed E-state index contributed by atoms with van der Waals surface area (Å²) in [6, 6.07) is 9.48. The van der Waals surface area contributed by atoms with Gasteiger partial charge in [-0.3, -0.25) is 4.79 Å². The molecular formula is C16H19NO3. The highest BCUT2D eigenvalue weighted by Crippen LogP contribution is 2.45. The van der Waals surface area contributed by atoms with Crippen LogP contribution in [0, 0.1) is 17.2 Å². The first-order valence-electron chi connectivity index (χ1n) is 6.91. The number of benzene rings is 1. The van der Waals surface area contributed by atoms with Crippen molar-refractivity contribution in [2.75, 3.05) is 7.11 Å². The van der Waals surface area contributed by atoms with Crippen molar-refractivity contribution in [3.8, 4) is 11.8 Å². The molecule has 1 aliphatic carbocycles. The fourth-order valence-electron chi connectivity index (χ4n) is 3.26. The Morgan fingerprint density at radius 1 is 1.30 bits per heavy atom. The topological polar surface area (TPSA) is 70.3 Å². The summed E-state index contributed by atoms with van der Waals surface area (Å²) in [5.41, 5.74) is 0.373. The third-order valence-corrected chi connectivity index (χ3v) is 4.34. The minimum Gasteiger partial charge on any atom is -0.497 e. The van der Waals surface area contributed by atoms with Crippen molar-refractivity contribution >= 4 is 5.97 Å². The fraction of sp³-hybridized carbons (Fsp3) is 0.500. The van der Waals surface area contributed by atoms with Gasteiger partial charge in [0.2, 0.25) is 0 Å². The lowest BCUT2D eigenvalue weighted by Gasteiger charge is -2.39. The van der Waals surface area contributed by atoms with Crippen LogP contribution in [0.2, 0.25) is 0 Å². The van der Waals surface area contributed by atoms with Crippen LogP contribution in [0.1, 0.15) is 37.7 Å². The maximum absolute atomic E-state index is 11.5. The van der Waals surface area contributed by atoms with Crippen LogP contribution in [-0.2, 0) is 10.2 Å². The second kappa shape index (κ2) is 5.96. The number of carboxylic acid groups (broad SMARTS) is 1. The van der Waals surface area contributed by atoms with E-state index in [0.717, 1.165) is 43.4 Å². The molecule has 2 rings (SSSR count). The van der Waals surface area contributed by atoms with E-state index in [1.807, 2.05) is 30.3 Å². The summed E-state index contributed by atoms with van der Waals surface area (Å²) in [6.07, 6.45) is 4.55. The molecule has 1 atom stereocenters. The van der Waals surface area contributed by atoms with E-state index in [9.17, 15) is 15.2 Å². The Morgan fingerprint density at radius 3 is 2.35 bits per heavy atom. The Kier molecular flexibility index (Phi) is 4.29. The van der Waals surface area contributed by atoms with Gasteiger partial charge < -0.3 is 9.84 Å². The van der Waals surface area contributed by atoms with Gasteiger partial charge in [0.1, 0.15) is 5.75 Å². The van der Waals surface area contributed by atoms with Crippen LogP contribution in [0.4, 0.5) is 0 Å². The highest BCUT2D eigenvalue weighted by atomic mass is 16.5. The SMILES string of the molecule is COc1ccc(C2(C(C#N)C(=O)O)CCCCC2)cc1. The maximum atomic E-state index is 11.5. The number of nitrogens with zero attached hydrogens (tertiary/aromatic N) is 1. The third-order valence-electron chi connectivity index (χ3n) is 4.34. The Hall–Kier alpha value is -2.02. The average Bonchev–Trinajstić information content (AvgIpc) is 2.48. The standard InChI is InChI=1S/C16H19NO3/c1-20-13-7-5-12(6-8-13)16(9-3-2-4-10-16)14(11-17)15(18)19/h5-8,14H,2-4,9-10H2,1H3,(H,18,19). The molecule has 0 radical (unpaired) electrons. The van der Waals surface area contributed by atoms with E-state index in [1.54, 1.807) is 7.11 Å². The molecule has 0 saturated heterocycles. The van der Waals surface area contributed by atoms with E-state index in [0.29, 0.717) is 0 Å². The van der Waals surface area contributed by atoms with Crippen LogP contribution in [-0.4, -0.2) is 18.2 Å². The van der Waals surface area contributed by atoms with Gasteiger partial charge in [-0.2, -0.15) is 5.26 Å². The van der Waals surface area contributed by atoms with E-state index >= 15 is 0 Å². The first-order chi connectivity index (χ1) is 9.64. The molecular weight excluding hydrogens is 254 g/mol. The monoisotopic (exact) mass is 273 g/mol. The van der Waals surface area contributed by atoms with E-state index in [2.05, 4.69) is 0 Å². The lowest BCUT2D eigenvalue weighted by atomic mass is 9.62. The van der Waals surface area contributed by atoms with Crippen LogP contribution >= 0.6 is 0 Å². The van der Waals surface area contributed by atoms with Crippen molar-refractivity contribution in [2.24, 2.45) is 5.92 Å². The molecule has 1 N–H and O–H groups in total. The minimum absolute atomic E-state index is 0.564. The lowest BCUT2D eigenvalue weighted by molar-refractivity contribution is -0.142. The minimum atomic E-state index is -1.02. The van der Waals surface area contributed by atoms with Gasteiger partial charge in [0.05, 0.1) is 13.2 Å². The maximum Gasteiger partial charge on any atom is 0.321 e. The van der Waals surface area contributed by atoms with Gasteiger partial charge in [-0.25, -0.2) is 0 Å². The molecule has 0 aromatic heterocycles. The predicted octanol–water partition coefficient (Wildman–Crippen LogP) is 3.12. The molecule has 0 bridgehead atoms. The lowest BCUT2D eigenvalue weighted by Crippen LogP contribution is -2.41. The molecule has 0 heterocycles. The highest BCUT2D eigenvalue weighted by Gasteiger charge is 2.45. The van der Waals surface area contributed by atoms with Crippen molar-refractivity contribution in [1.29, 1.82) is 5.26 Å². The van der Waals surface area contributed by atoms with Gasteiger partial charge in [0.15, 0.2) is 5.92 Å². The molecule has 1 unspecified atom stereocenters. The zero-order chi connectivity index (χ0) is 14.6. The number of nitriles is 1. The van der Waals surface area contributed by atoms with Crippen LogP contribution in [0.15, 0.2) is 24.3 Å². The molecule has 1 aromatic rings. The molecule has 1 aromatic carbocycles. The summed E-state index contributed by atoms with van der Waals surface area (Å²) in [4.78, 5) is 11.5. The van der Waals surface area contributed by atoms with Crippen LogP contribution in [0.3, 0.4) is 0 Å². The summed E-state index contributed by atoms with van der Waals surface area (Å²) in [7, 11) is 1.60. The van der Waals surface area contributed by atoms with E-state index in [4.69, 9.17) is 4.74 Å². The number of hydrogen-bond donors (Lipinski definition) is 1. The number of carbonyl (C=O) groups is 1. The zero-order valence-corrected chi connectivity index (χ0v) is 11.6. The van der Waals surface area contributed by atoms with Gasteiger partial charge in [-0.15, -0.1) is 0 Å². The number of aliphatic carboxylic acids is 1. The summed E-state index contributed by atoms with van der Waals surface area (Å²) in [5.74, 6) is -1.27. The van der Waals surface area contributed by atoms with Gasteiger partial charge in [0.25, 0.3) is 0 Å². The van der Waals surface area contributed by atoms with Crippen molar-refractivity contribution in [1.82, 2.24) is 0 Å². The van der Waals surface area contributed by atoms with Crippen molar-refractivity contribution < 1.29 is 14.6 Å². The van der Waals surface area contributed by atoms with Crippen molar-refractivity contribution in [2.45, 2.75) is 37.5 Å². The van der Waals surface area contributed by atoms with Crippen molar-refractivity contribution in [3.05, 3.63) is 29.8 Å². The summed E-state index contributed by atoms with van der Waals surface area (Å²) < 4.78 is 5.14. The fourth-order valence-corrected chi connectivity index (χ4v) is 3.26. The zero-order valence-electron chi connectivity index (χ0n) is 11.6. The molecule has 1 saturated carbocycles. The van der Waals surface area contributed by atoms with E-state index in [-0.39, 0.29) is 0 Å². The van der Waals surface area contributed by atoms with Gasteiger partial charge in [0, 0.05) is 5.41 Å². The largest absolute Gasteiger partial charge is 0.497 e. The van der Waals surface area contributed by atoms with Gasteiger partial charge in [-0.1, -0.05) is 31.4 Å². The molecule has 1 aliphatic rings. The summed E-state index contributed by atoms with van der Waals surface area (Å²) in [6.45, 7) is 0. The van der Waals surface area contributed by atoms with Crippen molar-refractivity contribution in [3.63, 3.8) is 0 Å². The number of carboxylic acids is 1. The molecule has 0 amide bonds. The van der Waals surface area contributed by atoms with Crippen LogP contribution in [0.5, 0.6) is 5.75 Å². The average molecular weight is 273 g/mol. The quantitative estimate of drug-likeness (QED) is 0.915.